The Labute approximate surface area is 121 Å². The van der Waals surface area contributed by atoms with Crippen LogP contribution in [0.25, 0.3) is 11.1 Å². The average Bonchev–Trinajstić information content (AvgIpc) is 2.38. The Morgan fingerprint density at radius 2 is 1.68 bits per heavy atom. The molecular weight excluding hydrogens is 283 g/mol. The van der Waals surface area contributed by atoms with Gasteiger partial charge in [0.1, 0.15) is 13.2 Å². The number of hydrogen-bond acceptors (Lipinski definition) is 2. The molecule has 98 valence electrons. The van der Waals surface area contributed by atoms with Gasteiger partial charge < -0.3 is 9.47 Å². The van der Waals surface area contributed by atoms with E-state index in [0.717, 1.165) is 22.4 Å². The van der Waals surface area contributed by atoms with E-state index in [0.29, 0.717) is 29.0 Å². The number of ether oxygens (including phenoxy) is 2. The molecule has 0 atom stereocenters. The predicted octanol–water partition coefficient (Wildman–Crippen LogP) is 4.74. The molecule has 0 amide bonds. The van der Waals surface area contributed by atoms with Crippen LogP contribution in [0.1, 0.15) is 5.56 Å². The Morgan fingerprint density at radius 3 is 2.47 bits per heavy atom. The Morgan fingerprint density at radius 1 is 0.895 bits per heavy atom. The van der Waals surface area contributed by atoms with Crippen molar-refractivity contribution in [2.75, 3.05) is 13.2 Å². The third kappa shape index (κ3) is 2.38. The zero-order chi connectivity index (χ0) is 13.4. The van der Waals surface area contributed by atoms with Gasteiger partial charge in [-0.05, 0) is 36.2 Å². The summed E-state index contributed by atoms with van der Waals surface area (Å²) < 4.78 is 11.3. The second-order valence-electron chi connectivity index (χ2n) is 4.44. The van der Waals surface area contributed by atoms with Crippen molar-refractivity contribution in [3.63, 3.8) is 0 Å². The molecule has 0 bridgehead atoms. The zero-order valence-corrected chi connectivity index (χ0v) is 11.9. The first-order valence-corrected chi connectivity index (χ1v) is 6.76. The molecule has 4 heteroatoms. The van der Waals surface area contributed by atoms with Crippen LogP contribution < -0.4 is 9.47 Å². The number of rotatable bonds is 1. The van der Waals surface area contributed by atoms with Crippen LogP contribution in [0, 0.1) is 6.92 Å². The summed E-state index contributed by atoms with van der Waals surface area (Å²) in [7, 11) is 0. The predicted molar refractivity (Wildman–Crippen MR) is 77.6 cm³/mol. The van der Waals surface area contributed by atoms with Gasteiger partial charge in [-0.15, -0.1) is 0 Å². The van der Waals surface area contributed by atoms with Crippen molar-refractivity contribution in [2.24, 2.45) is 0 Å². The molecule has 2 nitrogen and oxygen atoms in total. The largest absolute Gasteiger partial charge is 0.486 e. The first-order valence-electron chi connectivity index (χ1n) is 6.01. The summed E-state index contributed by atoms with van der Waals surface area (Å²) in [5, 5.41) is 1.35. The van der Waals surface area contributed by atoms with Crippen molar-refractivity contribution in [1.82, 2.24) is 0 Å². The SMILES string of the molecule is Cc1cc(Cl)ccc1-c1cc(Cl)cc2c1OCCO2. The van der Waals surface area contributed by atoms with Crippen LogP contribution in [0.2, 0.25) is 10.0 Å². The highest BCUT2D eigenvalue weighted by molar-refractivity contribution is 6.31. The van der Waals surface area contributed by atoms with Gasteiger partial charge in [-0.2, -0.15) is 0 Å². The zero-order valence-electron chi connectivity index (χ0n) is 10.4. The quantitative estimate of drug-likeness (QED) is 0.756. The Bertz CT molecular complexity index is 638. The highest BCUT2D eigenvalue weighted by atomic mass is 35.5. The molecule has 2 aromatic rings. The molecule has 0 saturated heterocycles. The molecular formula is C15H12Cl2O2. The van der Waals surface area contributed by atoms with Gasteiger partial charge in [0.15, 0.2) is 11.5 Å². The number of hydrogen-bond donors (Lipinski definition) is 0. The normalized spacial score (nSPS) is 13.4. The van der Waals surface area contributed by atoms with Crippen LogP contribution in [0.15, 0.2) is 30.3 Å². The van der Waals surface area contributed by atoms with E-state index in [9.17, 15) is 0 Å². The van der Waals surface area contributed by atoms with Crippen LogP contribution in [0.5, 0.6) is 11.5 Å². The molecule has 1 aliphatic rings. The number of aryl methyl sites for hydroxylation is 1. The molecule has 19 heavy (non-hydrogen) atoms. The van der Waals surface area contributed by atoms with Gasteiger partial charge in [0.05, 0.1) is 0 Å². The molecule has 0 fully saturated rings. The van der Waals surface area contributed by atoms with Gasteiger partial charge >= 0.3 is 0 Å². The number of halogens is 2. The molecule has 2 aromatic carbocycles. The van der Waals surface area contributed by atoms with E-state index in [2.05, 4.69) is 0 Å². The minimum Gasteiger partial charge on any atom is -0.486 e. The first kappa shape index (κ1) is 12.6. The summed E-state index contributed by atoms with van der Waals surface area (Å²) in [5.41, 5.74) is 3.07. The van der Waals surface area contributed by atoms with E-state index in [4.69, 9.17) is 32.7 Å². The molecule has 3 rings (SSSR count). The van der Waals surface area contributed by atoms with Gasteiger partial charge in [0, 0.05) is 21.7 Å². The Hall–Kier alpha value is -1.38. The molecule has 0 saturated carbocycles. The van der Waals surface area contributed by atoms with Crippen LogP contribution in [0.4, 0.5) is 0 Å². The van der Waals surface area contributed by atoms with Crippen LogP contribution >= 0.6 is 23.2 Å². The summed E-state index contributed by atoms with van der Waals surface area (Å²) in [4.78, 5) is 0. The first-order chi connectivity index (χ1) is 9.15. The van der Waals surface area contributed by atoms with Crippen molar-refractivity contribution in [1.29, 1.82) is 0 Å². The van der Waals surface area contributed by atoms with Crippen molar-refractivity contribution >= 4 is 23.2 Å². The molecule has 0 radical (unpaired) electrons. The van der Waals surface area contributed by atoms with Crippen molar-refractivity contribution in [3.8, 4) is 22.6 Å². The average molecular weight is 295 g/mol. The van der Waals surface area contributed by atoms with Gasteiger partial charge in [0.2, 0.25) is 0 Å². The lowest BCUT2D eigenvalue weighted by atomic mass is 9.99. The van der Waals surface area contributed by atoms with E-state index >= 15 is 0 Å². The van der Waals surface area contributed by atoms with Crippen molar-refractivity contribution < 1.29 is 9.47 Å². The highest BCUT2D eigenvalue weighted by Gasteiger charge is 2.19. The fourth-order valence-corrected chi connectivity index (χ4v) is 2.68. The van der Waals surface area contributed by atoms with E-state index in [1.165, 1.54) is 0 Å². The van der Waals surface area contributed by atoms with Gasteiger partial charge in [0.25, 0.3) is 0 Å². The fourth-order valence-electron chi connectivity index (χ4n) is 2.25. The topological polar surface area (TPSA) is 18.5 Å². The lowest BCUT2D eigenvalue weighted by Gasteiger charge is -2.22. The van der Waals surface area contributed by atoms with E-state index in [1.807, 2.05) is 31.2 Å². The molecule has 1 aliphatic heterocycles. The molecule has 0 spiro atoms. The minimum absolute atomic E-state index is 0.548. The summed E-state index contributed by atoms with van der Waals surface area (Å²) >= 11 is 12.2. The lowest BCUT2D eigenvalue weighted by molar-refractivity contribution is 0.172. The third-order valence-electron chi connectivity index (χ3n) is 3.09. The van der Waals surface area contributed by atoms with Gasteiger partial charge in [-0.3, -0.25) is 0 Å². The second-order valence-corrected chi connectivity index (χ2v) is 5.31. The monoisotopic (exact) mass is 294 g/mol. The van der Waals surface area contributed by atoms with E-state index in [1.54, 1.807) is 6.07 Å². The summed E-state index contributed by atoms with van der Waals surface area (Å²) in [6, 6.07) is 9.44. The minimum atomic E-state index is 0.548. The molecule has 1 heterocycles. The van der Waals surface area contributed by atoms with Gasteiger partial charge in [-0.25, -0.2) is 0 Å². The lowest BCUT2D eigenvalue weighted by Crippen LogP contribution is -2.16. The van der Waals surface area contributed by atoms with E-state index < -0.39 is 0 Å². The number of fused-ring (bicyclic) bond motifs is 1. The summed E-state index contributed by atoms with van der Waals surface area (Å²) in [6.07, 6.45) is 0. The maximum Gasteiger partial charge on any atom is 0.169 e. The molecule has 0 unspecified atom stereocenters. The van der Waals surface area contributed by atoms with E-state index in [-0.39, 0.29) is 0 Å². The fraction of sp³-hybridized carbons (Fsp3) is 0.200. The van der Waals surface area contributed by atoms with Crippen molar-refractivity contribution in [2.45, 2.75) is 6.92 Å². The second kappa shape index (κ2) is 4.95. The third-order valence-corrected chi connectivity index (χ3v) is 3.54. The van der Waals surface area contributed by atoms with Crippen LogP contribution in [0.3, 0.4) is 0 Å². The standard InChI is InChI=1S/C15H12Cl2O2/c1-9-6-10(16)2-3-12(9)13-7-11(17)8-14-15(13)19-5-4-18-14/h2-3,6-8H,4-5H2,1H3. The van der Waals surface area contributed by atoms with Gasteiger partial charge in [-0.1, -0.05) is 29.3 Å². The Kier molecular flexibility index (Phi) is 3.29. The van der Waals surface area contributed by atoms with Crippen LogP contribution in [-0.2, 0) is 0 Å². The van der Waals surface area contributed by atoms with Crippen LogP contribution in [-0.4, -0.2) is 13.2 Å². The number of benzene rings is 2. The van der Waals surface area contributed by atoms with Crippen molar-refractivity contribution in [3.05, 3.63) is 45.9 Å². The molecule has 0 aromatic heterocycles. The molecule has 0 aliphatic carbocycles. The summed E-state index contributed by atoms with van der Waals surface area (Å²) in [5.74, 6) is 1.45. The molecule has 0 N–H and O–H groups in total. The highest BCUT2D eigenvalue weighted by Crippen LogP contribution is 2.43. The maximum atomic E-state index is 6.15. The summed E-state index contributed by atoms with van der Waals surface area (Å²) in [6.45, 7) is 3.11. The maximum absolute atomic E-state index is 6.15. The smallest absolute Gasteiger partial charge is 0.169 e. The Balaban J connectivity index is 2.21.